The van der Waals surface area contributed by atoms with E-state index in [0.29, 0.717) is 29.3 Å². The van der Waals surface area contributed by atoms with Crippen LogP contribution in [-0.4, -0.2) is 28.5 Å². The summed E-state index contributed by atoms with van der Waals surface area (Å²) in [6, 6.07) is 0. The standard InChI is InChI=1S/C14H20N2O3/c1-8-11(9(2)16-12(8)14(18)19)13(17)15-7-10-5-3-4-6-10/h10,16H,3-7H2,1-2H3,(H,15,17)(H,18,19). The van der Waals surface area contributed by atoms with E-state index in [0.717, 1.165) is 0 Å². The molecule has 0 radical (unpaired) electrons. The van der Waals surface area contributed by atoms with E-state index in [-0.39, 0.29) is 11.6 Å². The lowest BCUT2D eigenvalue weighted by molar-refractivity contribution is 0.0690. The van der Waals surface area contributed by atoms with Crippen LogP contribution in [0.3, 0.4) is 0 Å². The number of hydrogen-bond donors (Lipinski definition) is 3. The molecule has 1 aliphatic rings. The summed E-state index contributed by atoms with van der Waals surface area (Å²) in [4.78, 5) is 25.9. The number of carbonyl (C=O) groups excluding carboxylic acids is 1. The highest BCUT2D eigenvalue weighted by atomic mass is 16.4. The molecular weight excluding hydrogens is 244 g/mol. The van der Waals surface area contributed by atoms with Gasteiger partial charge in [-0.05, 0) is 38.2 Å². The highest BCUT2D eigenvalue weighted by molar-refractivity contribution is 6.00. The normalized spacial score (nSPS) is 15.7. The van der Waals surface area contributed by atoms with Gasteiger partial charge in [-0.25, -0.2) is 4.79 Å². The zero-order chi connectivity index (χ0) is 14.0. The predicted octanol–water partition coefficient (Wildman–Crippen LogP) is 2.25. The van der Waals surface area contributed by atoms with Crippen molar-refractivity contribution in [2.45, 2.75) is 39.5 Å². The van der Waals surface area contributed by atoms with Crippen LogP contribution in [0, 0.1) is 19.8 Å². The Labute approximate surface area is 112 Å². The molecule has 1 fully saturated rings. The van der Waals surface area contributed by atoms with Crippen LogP contribution >= 0.6 is 0 Å². The molecule has 0 saturated heterocycles. The zero-order valence-electron chi connectivity index (χ0n) is 11.4. The third-order valence-electron chi connectivity index (χ3n) is 3.90. The number of aromatic nitrogens is 1. The zero-order valence-corrected chi connectivity index (χ0v) is 11.4. The number of aromatic amines is 1. The van der Waals surface area contributed by atoms with Crippen molar-refractivity contribution >= 4 is 11.9 Å². The largest absolute Gasteiger partial charge is 0.477 e. The minimum atomic E-state index is -1.03. The fourth-order valence-electron chi connectivity index (χ4n) is 2.84. The molecule has 1 amide bonds. The van der Waals surface area contributed by atoms with E-state index >= 15 is 0 Å². The van der Waals surface area contributed by atoms with Gasteiger partial charge in [0.05, 0.1) is 5.56 Å². The van der Waals surface area contributed by atoms with E-state index in [1.807, 2.05) is 0 Å². The molecule has 0 unspecified atom stereocenters. The smallest absolute Gasteiger partial charge is 0.352 e. The molecular formula is C14H20N2O3. The maximum Gasteiger partial charge on any atom is 0.352 e. The number of aromatic carboxylic acids is 1. The molecule has 1 saturated carbocycles. The third kappa shape index (κ3) is 2.80. The molecule has 1 aliphatic carbocycles. The molecule has 0 aliphatic heterocycles. The summed E-state index contributed by atoms with van der Waals surface area (Å²) in [6.45, 7) is 4.08. The second-order valence-corrected chi connectivity index (χ2v) is 5.29. The van der Waals surface area contributed by atoms with Crippen molar-refractivity contribution in [3.63, 3.8) is 0 Å². The van der Waals surface area contributed by atoms with E-state index in [9.17, 15) is 9.59 Å². The van der Waals surface area contributed by atoms with Gasteiger partial charge in [-0.3, -0.25) is 4.79 Å². The monoisotopic (exact) mass is 264 g/mol. The SMILES string of the molecule is Cc1[nH]c(C(=O)O)c(C)c1C(=O)NCC1CCCC1. The summed E-state index contributed by atoms with van der Waals surface area (Å²) in [5.74, 6) is -0.636. The van der Waals surface area contributed by atoms with Crippen LogP contribution in [0.5, 0.6) is 0 Å². The molecule has 1 aromatic heterocycles. The van der Waals surface area contributed by atoms with Crippen molar-refractivity contribution in [2.24, 2.45) is 5.92 Å². The quantitative estimate of drug-likeness (QED) is 0.780. The minimum Gasteiger partial charge on any atom is -0.477 e. The maximum atomic E-state index is 12.2. The van der Waals surface area contributed by atoms with Gasteiger partial charge in [-0.2, -0.15) is 0 Å². The molecule has 1 aromatic rings. The number of carboxylic acid groups (broad SMARTS) is 1. The number of amides is 1. The Kier molecular flexibility index (Phi) is 3.93. The Bertz CT molecular complexity index is 499. The average molecular weight is 264 g/mol. The van der Waals surface area contributed by atoms with E-state index < -0.39 is 5.97 Å². The lowest BCUT2D eigenvalue weighted by Gasteiger charge is -2.11. The van der Waals surface area contributed by atoms with Gasteiger partial charge in [0, 0.05) is 12.2 Å². The summed E-state index contributed by atoms with van der Waals surface area (Å²) < 4.78 is 0. The first kappa shape index (κ1) is 13.6. The van der Waals surface area contributed by atoms with Gasteiger partial charge in [0.25, 0.3) is 5.91 Å². The summed E-state index contributed by atoms with van der Waals surface area (Å²) in [7, 11) is 0. The molecule has 0 spiro atoms. The number of carbonyl (C=O) groups is 2. The van der Waals surface area contributed by atoms with Gasteiger partial charge in [0.2, 0.25) is 0 Å². The van der Waals surface area contributed by atoms with Crippen molar-refractivity contribution in [1.82, 2.24) is 10.3 Å². The van der Waals surface area contributed by atoms with Gasteiger partial charge in [0.15, 0.2) is 0 Å². The number of H-pyrrole nitrogens is 1. The van der Waals surface area contributed by atoms with Crippen molar-refractivity contribution in [3.8, 4) is 0 Å². The van der Waals surface area contributed by atoms with Crippen LogP contribution < -0.4 is 5.32 Å². The Morgan fingerprint density at radius 3 is 2.47 bits per heavy atom. The molecule has 3 N–H and O–H groups in total. The number of carboxylic acids is 1. The van der Waals surface area contributed by atoms with Crippen LogP contribution in [0.25, 0.3) is 0 Å². The van der Waals surface area contributed by atoms with E-state index in [1.54, 1.807) is 13.8 Å². The molecule has 5 nitrogen and oxygen atoms in total. The van der Waals surface area contributed by atoms with E-state index in [1.165, 1.54) is 25.7 Å². The number of rotatable bonds is 4. The van der Waals surface area contributed by atoms with Gasteiger partial charge in [-0.1, -0.05) is 12.8 Å². The molecule has 1 heterocycles. The molecule has 0 atom stereocenters. The van der Waals surface area contributed by atoms with Crippen LogP contribution in [0.15, 0.2) is 0 Å². The van der Waals surface area contributed by atoms with Crippen LogP contribution in [0.4, 0.5) is 0 Å². The topological polar surface area (TPSA) is 82.2 Å². The summed E-state index contributed by atoms with van der Waals surface area (Å²) in [5.41, 5.74) is 1.69. The first-order valence-electron chi connectivity index (χ1n) is 6.71. The van der Waals surface area contributed by atoms with E-state index in [4.69, 9.17) is 5.11 Å². The fraction of sp³-hybridized carbons (Fsp3) is 0.571. The number of nitrogens with one attached hydrogen (secondary N) is 2. The fourth-order valence-corrected chi connectivity index (χ4v) is 2.84. The molecule has 19 heavy (non-hydrogen) atoms. The second kappa shape index (κ2) is 5.47. The van der Waals surface area contributed by atoms with Gasteiger partial charge < -0.3 is 15.4 Å². The molecule has 0 bridgehead atoms. The molecule has 5 heteroatoms. The predicted molar refractivity (Wildman–Crippen MR) is 71.5 cm³/mol. The van der Waals surface area contributed by atoms with E-state index in [2.05, 4.69) is 10.3 Å². The molecule has 0 aromatic carbocycles. The molecule has 2 rings (SSSR count). The summed E-state index contributed by atoms with van der Waals surface area (Å²) >= 11 is 0. The Morgan fingerprint density at radius 1 is 1.32 bits per heavy atom. The third-order valence-corrected chi connectivity index (χ3v) is 3.90. The minimum absolute atomic E-state index is 0.100. The Balaban J connectivity index is 2.08. The van der Waals surface area contributed by atoms with Gasteiger partial charge in [0.1, 0.15) is 5.69 Å². The maximum absolute atomic E-state index is 12.2. The Morgan fingerprint density at radius 2 is 1.95 bits per heavy atom. The van der Waals surface area contributed by atoms with Crippen molar-refractivity contribution in [1.29, 1.82) is 0 Å². The highest BCUT2D eigenvalue weighted by Gasteiger charge is 2.22. The van der Waals surface area contributed by atoms with Crippen molar-refractivity contribution < 1.29 is 14.7 Å². The average Bonchev–Trinajstić information content (AvgIpc) is 2.94. The van der Waals surface area contributed by atoms with Crippen molar-refractivity contribution in [3.05, 3.63) is 22.5 Å². The highest BCUT2D eigenvalue weighted by Crippen LogP contribution is 2.24. The van der Waals surface area contributed by atoms with Crippen LogP contribution in [0.2, 0.25) is 0 Å². The lowest BCUT2D eigenvalue weighted by atomic mass is 10.1. The first-order valence-corrected chi connectivity index (χ1v) is 6.71. The van der Waals surface area contributed by atoms with Crippen LogP contribution in [0.1, 0.15) is 57.8 Å². The Hall–Kier alpha value is -1.78. The molecule has 104 valence electrons. The number of hydrogen-bond acceptors (Lipinski definition) is 2. The lowest BCUT2D eigenvalue weighted by Crippen LogP contribution is -2.29. The van der Waals surface area contributed by atoms with Gasteiger partial charge >= 0.3 is 5.97 Å². The van der Waals surface area contributed by atoms with Gasteiger partial charge in [-0.15, -0.1) is 0 Å². The summed E-state index contributed by atoms with van der Waals surface area (Å²) in [6.07, 6.45) is 4.83. The summed E-state index contributed by atoms with van der Waals surface area (Å²) in [5, 5.41) is 11.9. The van der Waals surface area contributed by atoms with Crippen molar-refractivity contribution in [2.75, 3.05) is 6.54 Å². The van der Waals surface area contributed by atoms with Crippen LogP contribution in [-0.2, 0) is 0 Å². The number of aryl methyl sites for hydroxylation is 1. The second-order valence-electron chi connectivity index (χ2n) is 5.29. The first-order chi connectivity index (χ1) is 9.00.